The number of nitrogens with zero attached hydrogens (tertiary/aromatic N) is 3. The quantitative estimate of drug-likeness (QED) is 0.658. The zero-order valence-corrected chi connectivity index (χ0v) is 15.6. The van der Waals surface area contributed by atoms with Crippen LogP contribution in [0.3, 0.4) is 0 Å². The zero-order chi connectivity index (χ0) is 19.5. The van der Waals surface area contributed by atoms with E-state index in [0.717, 1.165) is 17.0 Å². The number of aromatic nitrogens is 2. The number of esters is 1. The van der Waals surface area contributed by atoms with Gasteiger partial charge < -0.3 is 14.2 Å². The summed E-state index contributed by atoms with van der Waals surface area (Å²) in [4.78, 5) is 31.6. The van der Waals surface area contributed by atoms with Gasteiger partial charge in [0.05, 0.1) is 31.4 Å². The standard InChI is InChI=1S/C22H21N3O3/c1-28-22(27)19-12-18-20(14-25(19)21(26)17-10-6-3-7-11-17)24(15-23-18)13-16-8-4-2-5-9-16/h2-11,15,19H,12-14H2,1H3. The minimum absolute atomic E-state index is 0.186. The molecule has 1 unspecified atom stereocenters. The molecule has 0 N–H and O–H groups in total. The van der Waals surface area contributed by atoms with Crippen molar-refractivity contribution in [3.8, 4) is 0 Å². The number of carbonyl (C=O) groups is 2. The molecule has 1 aliphatic rings. The highest BCUT2D eigenvalue weighted by molar-refractivity contribution is 5.97. The molecular formula is C22H21N3O3. The van der Waals surface area contributed by atoms with Crippen LogP contribution in [-0.4, -0.2) is 39.5 Å². The molecule has 4 rings (SSSR count). The minimum Gasteiger partial charge on any atom is -0.467 e. The van der Waals surface area contributed by atoms with Gasteiger partial charge in [-0.1, -0.05) is 48.5 Å². The fraction of sp³-hybridized carbons (Fsp3) is 0.227. The predicted molar refractivity (Wildman–Crippen MR) is 104 cm³/mol. The Morgan fingerprint density at radius 1 is 1.07 bits per heavy atom. The molecule has 1 atom stereocenters. The SMILES string of the molecule is COC(=O)C1Cc2ncn(Cc3ccccc3)c2CN1C(=O)c1ccccc1. The van der Waals surface area contributed by atoms with E-state index in [0.29, 0.717) is 25.1 Å². The summed E-state index contributed by atoms with van der Waals surface area (Å²) >= 11 is 0. The molecule has 1 aromatic heterocycles. The molecule has 0 saturated heterocycles. The van der Waals surface area contributed by atoms with Gasteiger partial charge in [0.1, 0.15) is 6.04 Å². The van der Waals surface area contributed by atoms with Crippen molar-refractivity contribution in [2.45, 2.75) is 25.6 Å². The number of methoxy groups -OCH3 is 1. The summed E-state index contributed by atoms with van der Waals surface area (Å²) in [5, 5.41) is 0. The summed E-state index contributed by atoms with van der Waals surface area (Å²) in [7, 11) is 1.34. The number of fused-ring (bicyclic) bond motifs is 1. The largest absolute Gasteiger partial charge is 0.467 e. The number of benzene rings is 2. The highest BCUT2D eigenvalue weighted by atomic mass is 16.5. The predicted octanol–water partition coefficient (Wildman–Crippen LogP) is 2.67. The van der Waals surface area contributed by atoms with E-state index < -0.39 is 12.0 Å². The lowest BCUT2D eigenvalue weighted by atomic mass is 10.0. The van der Waals surface area contributed by atoms with Crippen molar-refractivity contribution in [1.29, 1.82) is 0 Å². The second-order valence-electron chi connectivity index (χ2n) is 6.79. The van der Waals surface area contributed by atoms with Crippen LogP contribution in [0.5, 0.6) is 0 Å². The monoisotopic (exact) mass is 375 g/mol. The fourth-order valence-corrected chi connectivity index (χ4v) is 3.59. The van der Waals surface area contributed by atoms with Crippen molar-refractivity contribution in [2.24, 2.45) is 0 Å². The molecule has 0 aliphatic carbocycles. The number of hydrogen-bond donors (Lipinski definition) is 0. The van der Waals surface area contributed by atoms with E-state index in [9.17, 15) is 9.59 Å². The number of rotatable bonds is 4. The Kier molecular flexibility index (Phi) is 4.93. The van der Waals surface area contributed by atoms with Crippen molar-refractivity contribution in [2.75, 3.05) is 7.11 Å². The third-order valence-electron chi connectivity index (χ3n) is 5.07. The molecule has 3 aromatic rings. The van der Waals surface area contributed by atoms with E-state index in [2.05, 4.69) is 17.1 Å². The zero-order valence-electron chi connectivity index (χ0n) is 15.6. The molecule has 2 heterocycles. The van der Waals surface area contributed by atoms with E-state index in [1.54, 1.807) is 23.4 Å². The first-order chi connectivity index (χ1) is 13.7. The Balaban J connectivity index is 1.67. The topological polar surface area (TPSA) is 64.4 Å². The van der Waals surface area contributed by atoms with Crippen molar-refractivity contribution in [1.82, 2.24) is 14.5 Å². The average Bonchev–Trinajstić information content (AvgIpc) is 3.14. The van der Waals surface area contributed by atoms with Gasteiger partial charge in [-0.25, -0.2) is 9.78 Å². The number of imidazole rings is 1. The van der Waals surface area contributed by atoms with Crippen LogP contribution < -0.4 is 0 Å². The second-order valence-corrected chi connectivity index (χ2v) is 6.79. The maximum atomic E-state index is 13.1. The first kappa shape index (κ1) is 18.0. The summed E-state index contributed by atoms with van der Waals surface area (Å²) in [6.45, 7) is 0.981. The maximum absolute atomic E-state index is 13.1. The molecule has 0 bridgehead atoms. The van der Waals surface area contributed by atoms with Crippen LogP contribution in [-0.2, 0) is 29.0 Å². The molecular weight excluding hydrogens is 354 g/mol. The van der Waals surface area contributed by atoms with Gasteiger partial charge in [0.15, 0.2) is 0 Å². The lowest BCUT2D eigenvalue weighted by Gasteiger charge is -2.34. The van der Waals surface area contributed by atoms with Gasteiger partial charge in [0.25, 0.3) is 5.91 Å². The molecule has 0 fully saturated rings. The normalized spacial score (nSPS) is 15.8. The maximum Gasteiger partial charge on any atom is 0.329 e. The highest BCUT2D eigenvalue weighted by Crippen LogP contribution is 2.26. The van der Waals surface area contributed by atoms with Crippen molar-refractivity contribution in [3.05, 3.63) is 89.5 Å². The molecule has 2 aromatic carbocycles. The van der Waals surface area contributed by atoms with Crippen LogP contribution in [0.1, 0.15) is 27.3 Å². The second kappa shape index (κ2) is 7.68. The van der Waals surface area contributed by atoms with E-state index >= 15 is 0 Å². The summed E-state index contributed by atoms with van der Waals surface area (Å²) < 4.78 is 7.00. The fourth-order valence-electron chi connectivity index (χ4n) is 3.59. The van der Waals surface area contributed by atoms with Crippen LogP contribution in [0.25, 0.3) is 0 Å². The summed E-state index contributed by atoms with van der Waals surface area (Å²) in [5.74, 6) is -0.610. The molecule has 0 saturated carbocycles. The van der Waals surface area contributed by atoms with Gasteiger partial charge in [0.2, 0.25) is 0 Å². The van der Waals surface area contributed by atoms with Crippen molar-refractivity contribution in [3.63, 3.8) is 0 Å². The lowest BCUT2D eigenvalue weighted by molar-refractivity contribution is -0.146. The molecule has 1 amide bonds. The highest BCUT2D eigenvalue weighted by Gasteiger charge is 2.37. The summed E-state index contributed by atoms with van der Waals surface area (Å²) in [6.07, 6.45) is 2.13. The van der Waals surface area contributed by atoms with E-state index in [1.165, 1.54) is 7.11 Å². The molecule has 142 valence electrons. The molecule has 6 nitrogen and oxygen atoms in total. The Morgan fingerprint density at radius 2 is 1.75 bits per heavy atom. The van der Waals surface area contributed by atoms with Crippen molar-refractivity contribution < 1.29 is 14.3 Å². The van der Waals surface area contributed by atoms with E-state index in [1.807, 2.05) is 41.0 Å². The van der Waals surface area contributed by atoms with Gasteiger partial charge in [-0.05, 0) is 17.7 Å². The third-order valence-corrected chi connectivity index (χ3v) is 5.07. The van der Waals surface area contributed by atoms with Crippen LogP contribution in [0.2, 0.25) is 0 Å². The van der Waals surface area contributed by atoms with Crippen LogP contribution in [0.4, 0.5) is 0 Å². The molecule has 6 heteroatoms. The average molecular weight is 375 g/mol. The number of ether oxygens (including phenoxy) is 1. The molecule has 1 aliphatic heterocycles. The Morgan fingerprint density at radius 3 is 2.43 bits per heavy atom. The molecule has 0 spiro atoms. The van der Waals surface area contributed by atoms with Crippen LogP contribution >= 0.6 is 0 Å². The summed E-state index contributed by atoms with van der Waals surface area (Å²) in [6, 6.07) is 18.4. The Labute approximate surface area is 163 Å². The van der Waals surface area contributed by atoms with E-state index in [4.69, 9.17) is 4.74 Å². The van der Waals surface area contributed by atoms with Crippen LogP contribution in [0.15, 0.2) is 67.0 Å². The van der Waals surface area contributed by atoms with Gasteiger partial charge in [0, 0.05) is 18.5 Å². The van der Waals surface area contributed by atoms with Gasteiger partial charge in [-0.2, -0.15) is 0 Å². The molecule has 0 radical (unpaired) electrons. The minimum atomic E-state index is -0.676. The molecule has 28 heavy (non-hydrogen) atoms. The first-order valence-electron chi connectivity index (χ1n) is 9.18. The van der Waals surface area contributed by atoms with E-state index in [-0.39, 0.29) is 5.91 Å². The van der Waals surface area contributed by atoms with Gasteiger partial charge in [-0.3, -0.25) is 4.79 Å². The van der Waals surface area contributed by atoms with Gasteiger partial charge >= 0.3 is 5.97 Å². The number of amides is 1. The number of hydrogen-bond acceptors (Lipinski definition) is 4. The summed E-state index contributed by atoms with van der Waals surface area (Å²) in [5.41, 5.74) is 3.49. The smallest absolute Gasteiger partial charge is 0.329 e. The third kappa shape index (κ3) is 3.41. The van der Waals surface area contributed by atoms with Gasteiger partial charge in [-0.15, -0.1) is 0 Å². The lowest BCUT2D eigenvalue weighted by Crippen LogP contribution is -2.49. The number of carbonyl (C=O) groups excluding carboxylic acids is 2. The first-order valence-corrected chi connectivity index (χ1v) is 9.18. The Hall–Kier alpha value is -3.41. The Bertz CT molecular complexity index is 983. The van der Waals surface area contributed by atoms with Crippen molar-refractivity contribution >= 4 is 11.9 Å². The van der Waals surface area contributed by atoms with Crippen LogP contribution in [0, 0.1) is 0 Å².